The predicted octanol–water partition coefficient (Wildman–Crippen LogP) is 19.8. The second-order valence-electron chi connectivity index (χ2n) is 35.0. The van der Waals surface area contributed by atoms with E-state index in [9.17, 15) is 110 Å². The highest BCUT2D eigenvalue weighted by Crippen LogP contribution is 2.64. The molecular formula is C104H86F16N10O14. The van der Waals surface area contributed by atoms with Gasteiger partial charge in [0.2, 0.25) is 28.0 Å². The minimum atomic E-state index is -5.03. The first kappa shape index (κ1) is 102. The van der Waals surface area contributed by atoms with Gasteiger partial charge in [0.1, 0.15) is 11.6 Å². The molecule has 10 N–H and O–H groups in total. The highest BCUT2D eigenvalue weighted by atomic mass is 19.4. The first-order valence-electron chi connectivity index (χ1n) is 44.5. The molecule has 5 aromatic heterocycles. The van der Waals surface area contributed by atoms with Crippen LogP contribution in [0.4, 0.5) is 70.2 Å². The quantitative estimate of drug-likeness (QED) is 0.0236. The zero-order valence-corrected chi connectivity index (χ0v) is 76.2. The van der Waals surface area contributed by atoms with E-state index in [0.29, 0.717) is 113 Å². The van der Waals surface area contributed by atoms with Crippen molar-refractivity contribution in [3.05, 3.63) is 322 Å². The fourth-order valence-electron chi connectivity index (χ4n) is 19.3. The zero-order chi connectivity index (χ0) is 104. The lowest BCUT2D eigenvalue weighted by Crippen LogP contribution is -2.41. The number of alkyl halides is 15. The number of carboxylic acid groups (broad SMARTS) is 3. The Morgan fingerprint density at radius 3 is 0.875 bits per heavy atom. The van der Waals surface area contributed by atoms with Gasteiger partial charge in [-0.1, -0.05) is 174 Å². The molecule has 0 aliphatic heterocycles. The summed E-state index contributed by atoms with van der Waals surface area (Å²) in [6.07, 6.45) is -8.66. The molecule has 144 heavy (non-hydrogen) atoms. The molecule has 5 heterocycles. The number of hydrogen-bond donors (Lipinski definition) is 10. The van der Waals surface area contributed by atoms with Crippen molar-refractivity contribution in [3.8, 4) is 117 Å². The molecule has 24 nitrogen and oxygen atoms in total. The molecule has 40 heteroatoms. The number of benzene rings is 10. The number of fused-ring (bicyclic) bond motifs is 15. The van der Waals surface area contributed by atoms with Gasteiger partial charge in [-0.05, 0) is 141 Å². The van der Waals surface area contributed by atoms with Crippen LogP contribution >= 0.6 is 0 Å². The number of carbonyl (C=O) groups is 3. The maximum Gasteiger partial charge on any atom is 0.425 e. The van der Waals surface area contributed by atoms with E-state index >= 15 is 0 Å². The number of aromatic nitrogens is 10. The Bertz CT molecular complexity index is 7320. The Morgan fingerprint density at radius 2 is 0.576 bits per heavy atom. The highest BCUT2D eigenvalue weighted by molar-refractivity contribution is 5.98. The Labute approximate surface area is 807 Å². The van der Waals surface area contributed by atoms with E-state index in [-0.39, 0.29) is 149 Å². The van der Waals surface area contributed by atoms with Gasteiger partial charge >= 0.3 is 48.8 Å². The molecule has 10 aromatic carbocycles. The fraction of sp³-hybridized carbons (Fsp3) is 0.250. The van der Waals surface area contributed by atoms with Gasteiger partial charge in [-0.25, -0.2) is 4.39 Å². The van der Waals surface area contributed by atoms with Gasteiger partial charge in [0, 0.05) is 141 Å². The van der Waals surface area contributed by atoms with Crippen molar-refractivity contribution in [1.82, 2.24) is 48.9 Å². The van der Waals surface area contributed by atoms with Crippen LogP contribution in [0.3, 0.4) is 0 Å². The van der Waals surface area contributed by atoms with E-state index in [1.807, 2.05) is 0 Å². The van der Waals surface area contributed by atoms with E-state index in [4.69, 9.17) is 30.3 Å². The second-order valence-corrected chi connectivity index (χ2v) is 35.0. The van der Waals surface area contributed by atoms with Crippen molar-refractivity contribution in [2.75, 3.05) is 19.8 Å². The number of aliphatic hydroxyl groups is 7. The maximum atomic E-state index is 14.3. The van der Waals surface area contributed by atoms with Crippen molar-refractivity contribution < 1.29 is 140 Å². The summed E-state index contributed by atoms with van der Waals surface area (Å²) < 4.78 is 238. The van der Waals surface area contributed by atoms with Crippen molar-refractivity contribution >= 4 is 17.9 Å². The summed E-state index contributed by atoms with van der Waals surface area (Å²) in [4.78, 5) is 32.2. The molecule has 0 amide bonds. The fourth-order valence-corrected chi connectivity index (χ4v) is 19.3. The van der Waals surface area contributed by atoms with Crippen molar-refractivity contribution in [2.45, 2.75) is 138 Å². The van der Waals surface area contributed by atoms with Gasteiger partial charge in [-0.15, -0.1) is 0 Å². The van der Waals surface area contributed by atoms with Gasteiger partial charge in [0.15, 0.2) is 0 Å². The molecule has 5 aliphatic rings. The van der Waals surface area contributed by atoms with Crippen LogP contribution in [-0.2, 0) is 75.6 Å². The minimum Gasteiger partial charge on any atom is -0.494 e. The summed E-state index contributed by atoms with van der Waals surface area (Å²) in [6.45, 7) is 5.80. The van der Waals surface area contributed by atoms with Gasteiger partial charge in [-0.3, -0.25) is 37.8 Å². The van der Waals surface area contributed by atoms with Crippen LogP contribution in [0.5, 0.6) is 5.75 Å². The Balaban J connectivity index is 0.000000129. The summed E-state index contributed by atoms with van der Waals surface area (Å²) in [7, 11) is 1.69. The average Bonchev–Trinajstić information content (AvgIpc) is 1.56. The molecule has 0 bridgehead atoms. The minimum absolute atomic E-state index is 0.00102. The van der Waals surface area contributed by atoms with Crippen LogP contribution in [0.1, 0.15) is 104 Å². The highest BCUT2D eigenvalue weighted by Gasteiger charge is 2.66. The lowest BCUT2D eigenvalue weighted by molar-refractivity contribution is -0.247. The lowest BCUT2D eigenvalue weighted by Gasteiger charge is -2.28. The molecule has 748 valence electrons. The molecule has 20 rings (SSSR count). The first-order valence-corrected chi connectivity index (χ1v) is 44.5. The molecule has 5 atom stereocenters. The lowest BCUT2D eigenvalue weighted by atomic mass is 9.88. The van der Waals surface area contributed by atoms with Gasteiger partial charge in [0.25, 0.3) is 0 Å². The predicted molar refractivity (Wildman–Crippen MR) is 492 cm³/mol. The third-order valence-corrected chi connectivity index (χ3v) is 25.6. The first-order chi connectivity index (χ1) is 67.9. The molecule has 0 saturated carbocycles. The van der Waals surface area contributed by atoms with Crippen LogP contribution in [0, 0.1) is 26.6 Å². The molecule has 5 unspecified atom stereocenters. The number of rotatable bonds is 21. The van der Waals surface area contributed by atoms with Gasteiger partial charge < -0.3 is 55.8 Å². The summed E-state index contributed by atoms with van der Waals surface area (Å²) in [6, 6.07) is 43.6. The molecule has 0 radical (unpaired) electrons. The molecule has 0 spiro atoms. The average molecular weight is 2000 g/mol. The monoisotopic (exact) mass is 2000 g/mol. The second kappa shape index (κ2) is 38.4. The summed E-state index contributed by atoms with van der Waals surface area (Å²) in [5.41, 5.74) is -8.67. The molecular weight excluding hydrogens is 1920 g/mol. The number of nitrogens with zero attached hydrogens (tertiary/aromatic N) is 10. The standard InChI is InChI=1S/C22H19F3N2O4.C22H19F3N2O3.C21H17F3N2O3.C20H17F3N2O2.C19H14F4N2O2/c1-27-12-13(11-26-27)16-9-14(31-8-4-7-19(28)29)10-18-20(16)15-5-2-3-6-17(15)21(18,30)22(23,24)25;1-13-9-16(14-11-26-27(12-14)8-4-7-19(28)29)20-15-5-2-3-6-17(15)21(30,18(20)10-13)22(23,24)25;1-12-8-15(13-10-25-26(11-13)7-6-18(27)28)19-14-4-2-3-5-16(14)20(29,17(19)9-12)21(22,23)24;1-12-8-15(13-10-24-25(11-13)6-7-26)18-14-4-2-3-5-16(14)19(27,17(18)9-12)20(21,22)23;20-12-7-14(11-9-24-25(10-11)5-6-26)17-13-3-1-2-4-15(13)18(27,16(17)8-12)19(21,22)23/h2-3,5-6,9-12,30H,4,7-8H2,1H3,(H,28,29);2-3,5-6,9-12,30H,4,7-8H2,1H3,(H,28,29);2-5,8-11,29H,6-7H2,1H3,(H,27,28);2-5,8-11,26-27H,6-7H2,1H3;1-4,7-10,26-27H,5-6H2. The van der Waals surface area contributed by atoms with Crippen LogP contribution in [0.25, 0.3) is 111 Å². The maximum absolute atomic E-state index is 14.3. The number of hydrogen-bond acceptors (Lipinski definition) is 16. The van der Waals surface area contributed by atoms with Crippen LogP contribution in [-0.4, -0.2) is 169 Å². The smallest absolute Gasteiger partial charge is 0.425 e. The van der Waals surface area contributed by atoms with Crippen LogP contribution in [0.15, 0.2) is 244 Å². The molecule has 15 aromatic rings. The van der Waals surface area contributed by atoms with Gasteiger partial charge in [-0.2, -0.15) is 91.3 Å². The number of halogens is 16. The normalized spacial score (nSPS) is 17.9. The molecule has 0 saturated heterocycles. The number of ether oxygens (including phenoxy) is 1. The third kappa shape index (κ3) is 18.1. The zero-order valence-electron chi connectivity index (χ0n) is 76.2. The van der Waals surface area contributed by atoms with E-state index in [1.165, 1.54) is 135 Å². The molecule has 0 fully saturated rings. The topological polar surface area (TPSA) is 352 Å². The van der Waals surface area contributed by atoms with E-state index in [1.54, 1.807) is 149 Å². The van der Waals surface area contributed by atoms with Crippen LogP contribution < -0.4 is 4.74 Å². The third-order valence-electron chi connectivity index (χ3n) is 25.6. The Kier molecular flexibility index (Phi) is 27.2. The van der Waals surface area contributed by atoms with Crippen molar-refractivity contribution in [3.63, 3.8) is 0 Å². The summed E-state index contributed by atoms with van der Waals surface area (Å²) >= 11 is 0. The number of carboxylic acids is 3. The van der Waals surface area contributed by atoms with E-state index in [0.717, 1.165) is 12.1 Å². The van der Waals surface area contributed by atoms with E-state index in [2.05, 4.69) is 25.5 Å². The Hall–Kier alpha value is -14.9. The van der Waals surface area contributed by atoms with E-state index < -0.39 is 88.2 Å². The number of aliphatic hydroxyl groups excluding tert-OH is 2. The van der Waals surface area contributed by atoms with Crippen LogP contribution in [0.2, 0.25) is 0 Å². The van der Waals surface area contributed by atoms with Crippen molar-refractivity contribution in [2.24, 2.45) is 7.05 Å². The Morgan fingerprint density at radius 1 is 0.312 bits per heavy atom. The van der Waals surface area contributed by atoms with Crippen molar-refractivity contribution in [1.29, 1.82) is 0 Å². The number of aliphatic carboxylic acids is 3. The van der Waals surface area contributed by atoms with Gasteiger partial charge in [0.05, 0.1) is 76.9 Å². The summed E-state index contributed by atoms with van der Waals surface area (Å²) in [5, 5.41) is 119. The SMILES string of the molecule is Cc1cc(-c2cnn(CCC(=O)O)c2)c2c(c1)C(O)(C(F)(F)F)c1ccccc1-2.Cc1cc(-c2cnn(CCCC(=O)O)c2)c2c(c1)C(O)(C(F)(F)F)c1ccccc1-2.Cc1cc(-c2cnn(CCO)c2)c2c(c1)C(O)(C(F)(F)F)c1ccccc1-2.Cn1cc(-c2cc(OCCCC(=O)O)cc3c2-c2ccccc2C3(O)C(F)(F)F)cn1.OCCn1cc(-c2cc(F)cc3c2-c2ccccc2C3(O)C(F)(F)F)cn1. The molecule has 5 aliphatic carbocycles. The number of aryl methyl sites for hydroxylation is 6. The largest absolute Gasteiger partial charge is 0.494 e. The summed E-state index contributed by atoms with van der Waals surface area (Å²) in [5.74, 6) is -3.65.